The first-order chi connectivity index (χ1) is 44.1. The van der Waals surface area contributed by atoms with Crippen molar-refractivity contribution >= 4 is 41.7 Å². The second kappa shape index (κ2) is 30.6. The number of amides is 2. The van der Waals surface area contributed by atoms with Gasteiger partial charge in [0.15, 0.2) is 23.4 Å². The quantitative estimate of drug-likeness (QED) is 0.0292. The largest absolute Gasteiger partial charge is 0.480 e. The van der Waals surface area contributed by atoms with Crippen molar-refractivity contribution in [2.24, 2.45) is 82.9 Å². The van der Waals surface area contributed by atoms with Gasteiger partial charge in [-0.1, -0.05) is 114 Å². The van der Waals surface area contributed by atoms with E-state index in [0.29, 0.717) is 71.5 Å². The lowest BCUT2D eigenvalue weighted by Crippen LogP contribution is -2.43. The van der Waals surface area contributed by atoms with Crippen molar-refractivity contribution < 1.29 is 47.7 Å². The molecular weight excluding hydrogens is 1140 g/mol. The van der Waals surface area contributed by atoms with Crippen LogP contribution in [0, 0.1) is 82.9 Å². The normalized spacial score (nSPS) is 31.2. The summed E-state index contributed by atoms with van der Waals surface area (Å²) in [5.74, 6) is 3.27. The van der Waals surface area contributed by atoms with Crippen molar-refractivity contribution in [3.63, 3.8) is 0 Å². The van der Waals surface area contributed by atoms with Gasteiger partial charge in [0.05, 0.1) is 41.0 Å². The Hall–Kier alpha value is -6.37. The summed E-state index contributed by atoms with van der Waals surface area (Å²) >= 11 is 0. The topological polar surface area (TPSA) is 165 Å². The van der Waals surface area contributed by atoms with Crippen molar-refractivity contribution in [2.45, 2.75) is 225 Å². The van der Waals surface area contributed by atoms with Crippen LogP contribution in [0.5, 0.6) is 23.0 Å². The van der Waals surface area contributed by atoms with Gasteiger partial charge in [-0.15, -0.1) is 0 Å². The molecule has 1 aliphatic heterocycles. The first-order valence-corrected chi connectivity index (χ1v) is 35.8. The minimum absolute atomic E-state index is 0.121. The highest BCUT2D eigenvalue weighted by Gasteiger charge is 2.48. The number of hydrogen-bond donors (Lipinski definition) is 0. The van der Waals surface area contributed by atoms with Crippen LogP contribution in [0.2, 0.25) is 0 Å². The average Bonchev–Trinajstić information content (AvgIpc) is 1.72. The molecule has 6 saturated carbocycles. The van der Waals surface area contributed by atoms with Gasteiger partial charge in [0.2, 0.25) is 11.8 Å². The summed E-state index contributed by atoms with van der Waals surface area (Å²) in [6.07, 6.45) is 41.7. The number of anilines is 1. The molecular formula is C78H102N2O11. The molecule has 1 aromatic heterocycles. The van der Waals surface area contributed by atoms with Gasteiger partial charge in [0, 0.05) is 24.4 Å². The van der Waals surface area contributed by atoms with Crippen LogP contribution >= 0.6 is 0 Å². The first kappa shape index (κ1) is 66.1. The van der Waals surface area contributed by atoms with Gasteiger partial charge in [-0.2, -0.15) is 0 Å². The minimum atomic E-state index is -0.962. The summed E-state index contributed by atoms with van der Waals surface area (Å²) in [7, 11) is 0. The molecule has 2 amide bonds. The molecule has 0 radical (unpaired) electrons. The van der Waals surface area contributed by atoms with Crippen molar-refractivity contribution in [3.8, 4) is 28.7 Å². The third-order valence-electron chi connectivity index (χ3n) is 23.6. The highest BCUT2D eigenvalue weighted by atomic mass is 16.5. The summed E-state index contributed by atoms with van der Waals surface area (Å²) in [5, 5.41) is 0. The molecule has 11 rings (SSSR count). The Labute approximate surface area is 540 Å². The van der Waals surface area contributed by atoms with Gasteiger partial charge in [-0.3, -0.25) is 38.1 Å². The molecule has 13 heteroatoms. The number of aldehydes is 1. The lowest BCUT2D eigenvalue weighted by atomic mass is 9.67. The Kier molecular flexibility index (Phi) is 22.2. The third-order valence-corrected chi connectivity index (χ3v) is 23.6. The van der Waals surface area contributed by atoms with E-state index in [0.717, 1.165) is 119 Å². The van der Waals surface area contributed by atoms with Crippen LogP contribution in [-0.2, 0) is 28.8 Å². The minimum Gasteiger partial charge on any atom is -0.480 e. The number of carbonyl (C=O) groups excluding carboxylic acids is 6. The Balaban J connectivity index is 0.603. The average molecular weight is 1240 g/mol. The van der Waals surface area contributed by atoms with Crippen molar-refractivity contribution in [1.82, 2.24) is 4.57 Å². The molecule has 7 aliphatic carbocycles. The van der Waals surface area contributed by atoms with E-state index in [4.69, 9.17) is 18.9 Å². The van der Waals surface area contributed by atoms with Crippen LogP contribution in [0.25, 0.3) is 5.69 Å². The van der Waals surface area contributed by atoms with E-state index >= 15 is 0 Å². The fraction of sp³-hybridized carbons (Fsp3) is 0.628. The standard InChI is InChI=1S/C78H102N2O11/c1-5-6-11-53-21-27-61(28-22-53)75(85)88-64-39-41-71(69(48-64)80-73(83)66-12-7-8-13-67(66)74(80)84)90-76(86)62-29-23-55(24-30-62)18-16-52(4)15-17-54-19-25-57(26-20-54)60-43-45-78(50-81,46-44-60)91-65-40-42-70(68(49-65)79-47-10-9-14-72(79)82)89-77(87)63-37-35-59(36-38-63)58-33-31-56(32-34-58)51(2)3/h7-10,12-14,39-42,47-50,52-63,66-67H,2,5-6,11,15-38,43-46H2,1,3-4H3. The van der Waals surface area contributed by atoms with Crippen LogP contribution in [0.1, 0.15) is 220 Å². The number of rotatable bonds is 23. The van der Waals surface area contributed by atoms with Crippen LogP contribution < -0.4 is 29.4 Å². The lowest BCUT2D eigenvalue weighted by Gasteiger charge is -2.41. The maximum Gasteiger partial charge on any atom is 0.314 e. The number of nitrogens with zero attached hydrogens (tertiary/aromatic N) is 2. The predicted octanol–water partition coefficient (Wildman–Crippen LogP) is 17.0. The van der Waals surface area contributed by atoms with Crippen LogP contribution in [0.3, 0.4) is 0 Å². The summed E-state index contributed by atoms with van der Waals surface area (Å²) < 4.78 is 26.4. The van der Waals surface area contributed by atoms with Gasteiger partial charge in [-0.25, -0.2) is 4.90 Å². The maximum atomic E-state index is 13.9. The van der Waals surface area contributed by atoms with Crippen molar-refractivity contribution in [2.75, 3.05) is 4.90 Å². The second-order valence-corrected chi connectivity index (χ2v) is 29.6. The zero-order valence-corrected chi connectivity index (χ0v) is 54.8. The summed E-state index contributed by atoms with van der Waals surface area (Å²) in [4.78, 5) is 96.2. The van der Waals surface area contributed by atoms with Gasteiger partial charge < -0.3 is 18.9 Å². The Morgan fingerprint density at radius 2 is 1.01 bits per heavy atom. The van der Waals surface area contributed by atoms with Gasteiger partial charge in [-0.05, 0) is 232 Å². The molecule has 3 aromatic rings. The summed E-state index contributed by atoms with van der Waals surface area (Å²) in [5.41, 5.74) is 0.657. The smallest absolute Gasteiger partial charge is 0.314 e. The molecule has 2 aromatic carbocycles. The van der Waals surface area contributed by atoms with Crippen LogP contribution in [0.4, 0.5) is 5.69 Å². The molecule has 490 valence electrons. The zero-order chi connectivity index (χ0) is 63.6. The van der Waals surface area contributed by atoms with Gasteiger partial charge >= 0.3 is 17.9 Å². The van der Waals surface area contributed by atoms with E-state index in [9.17, 15) is 33.6 Å². The van der Waals surface area contributed by atoms with Crippen LogP contribution in [0.15, 0.2) is 102 Å². The number of imide groups is 1. The first-order valence-electron chi connectivity index (χ1n) is 35.8. The summed E-state index contributed by atoms with van der Waals surface area (Å²) in [6.45, 7) is 11.0. The number of pyridine rings is 1. The number of hydrogen-bond acceptors (Lipinski definition) is 11. The van der Waals surface area contributed by atoms with Crippen molar-refractivity contribution in [1.29, 1.82) is 0 Å². The number of esters is 3. The highest BCUT2D eigenvalue weighted by molar-refractivity contribution is 6.24. The zero-order valence-electron chi connectivity index (χ0n) is 54.8. The number of allylic oxidation sites excluding steroid dienone is 3. The molecule has 3 atom stereocenters. The Bertz CT molecular complexity index is 3130. The molecule has 3 unspecified atom stereocenters. The Morgan fingerprint density at radius 1 is 0.560 bits per heavy atom. The molecule has 91 heavy (non-hydrogen) atoms. The second-order valence-electron chi connectivity index (χ2n) is 29.6. The van der Waals surface area contributed by atoms with E-state index in [2.05, 4.69) is 27.4 Å². The van der Waals surface area contributed by atoms with Gasteiger partial charge in [0.25, 0.3) is 5.56 Å². The third kappa shape index (κ3) is 16.2. The monoisotopic (exact) mass is 1240 g/mol. The number of ether oxygens (including phenoxy) is 4. The summed E-state index contributed by atoms with van der Waals surface area (Å²) in [6, 6.07) is 14.9. The fourth-order valence-electron chi connectivity index (χ4n) is 17.6. The van der Waals surface area contributed by atoms with E-state index in [-0.39, 0.29) is 58.4 Å². The molecule has 0 N–H and O–H groups in total. The number of unbranched alkanes of at least 4 members (excludes halogenated alkanes) is 1. The van der Waals surface area contributed by atoms with Crippen molar-refractivity contribution in [3.05, 3.63) is 108 Å². The molecule has 0 bridgehead atoms. The van der Waals surface area contributed by atoms with E-state index < -0.39 is 29.3 Å². The van der Waals surface area contributed by atoms with E-state index in [1.165, 1.54) is 112 Å². The number of benzene rings is 2. The SMILES string of the molecule is C=C(C)C1CCC(C2CCC(C(=O)Oc3ccc(OC4(C=O)CCC(C5CCC(CCC(C)CCC6CCC(C(=O)Oc7ccc(OC(=O)C8CCC(CCCC)CC8)cc7N7C(=O)C8C=CC=CC8C7=O)CC6)CC5)CC4)cc3-n3ccccc3=O)CC2)CC1. The molecule has 2 heterocycles. The van der Waals surface area contributed by atoms with E-state index in [1.54, 1.807) is 73.0 Å². The molecule has 7 fully saturated rings. The van der Waals surface area contributed by atoms with E-state index in [1.807, 2.05) is 0 Å². The molecule has 0 spiro atoms. The highest BCUT2D eigenvalue weighted by Crippen LogP contribution is 2.48. The number of carbonyl (C=O) groups is 6. The number of fused-ring (bicyclic) bond motifs is 1. The van der Waals surface area contributed by atoms with Gasteiger partial charge in [0.1, 0.15) is 11.5 Å². The Morgan fingerprint density at radius 3 is 1.53 bits per heavy atom. The fourth-order valence-corrected chi connectivity index (χ4v) is 17.6. The lowest BCUT2D eigenvalue weighted by molar-refractivity contribution is -0.141. The molecule has 8 aliphatic rings. The number of aromatic nitrogens is 1. The maximum absolute atomic E-state index is 13.9. The molecule has 13 nitrogen and oxygen atoms in total. The molecule has 1 saturated heterocycles. The predicted molar refractivity (Wildman–Crippen MR) is 354 cm³/mol. The van der Waals surface area contributed by atoms with Crippen LogP contribution in [-0.4, -0.2) is 46.2 Å².